The van der Waals surface area contributed by atoms with Crippen LogP contribution >= 0.6 is 0 Å². The van der Waals surface area contributed by atoms with Crippen LogP contribution in [-0.2, 0) is 4.74 Å². The van der Waals surface area contributed by atoms with Crippen molar-refractivity contribution in [3.05, 3.63) is 0 Å². The molecule has 2 rings (SSSR count). The van der Waals surface area contributed by atoms with Gasteiger partial charge in [-0.1, -0.05) is 13.8 Å². The maximum absolute atomic E-state index is 5.90. The molecule has 1 spiro atoms. The van der Waals surface area contributed by atoms with E-state index in [4.69, 9.17) is 10.6 Å². The summed E-state index contributed by atoms with van der Waals surface area (Å²) in [5, 5.41) is 1.89. The topological polar surface area (TPSA) is 41.7 Å². The molecule has 2 saturated heterocycles. The molecule has 4 heteroatoms. The lowest BCUT2D eigenvalue weighted by Crippen LogP contribution is -2.56. The van der Waals surface area contributed by atoms with Gasteiger partial charge in [0.25, 0.3) is 0 Å². The Kier molecular flexibility index (Phi) is 4.99. The number of nitrogens with two attached hydrogens (primary N) is 1. The quantitative estimate of drug-likeness (QED) is 0.604. The van der Waals surface area contributed by atoms with Crippen LogP contribution < -0.4 is 5.84 Å². The highest BCUT2D eigenvalue weighted by Gasteiger charge is 2.37. The third-order valence-electron chi connectivity index (χ3n) is 3.15. The molecule has 2 aliphatic rings. The van der Waals surface area contributed by atoms with E-state index in [2.05, 4.69) is 11.9 Å². The summed E-state index contributed by atoms with van der Waals surface area (Å²) in [5.74, 6) is 5.72. The SMILES string of the molecule is CC.CN1CCOC2(CCN(N)CC2)C1. The minimum absolute atomic E-state index is 0.114. The van der Waals surface area contributed by atoms with Crippen LogP contribution in [0.3, 0.4) is 0 Å². The number of hydrazine groups is 1. The fourth-order valence-corrected chi connectivity index (χ4v) is 2.27. The monoisotopic (exact) mass is 215 g/mol. The van der Waals surface area contributed by atoms with Crippen molar-refractivity contribution >= 4 is 0 Å². The highest BCUT2D eigenvalue weighted by Crippen LogP contribution is 2.28. The third kappa shape index (κ3) is 3.41. The smallest absolute Gasteiger partial charge is 0.0834 e. The van der Waals surface area contributed by atoms with Gasteiger partial charge in [-0.15, -0.1) is 0 Å². The number of hydrogen-bond donors (Lipinski definition) is 1. The molecule has 0 amide bonds. The molecule has 4 nitrogen and oxygen atoms in total. The Balaban J connectivity index is 0.000000531. The van der Waals surface area contributed by atoms with Crippen LogP contribution in [0, 0.1) is 0 Å². The molecule has 0 aromatic carbocycles. The van der Waals surface area contributed by atoms with Gasteiger partial charge < -0.3 is 9.64 Å². The minimum atomic E-state index is 0.114. The summed E-state index contributed by atoms with van der Waals surface area (Å²) in [5.41, 5.74) is 0.114. The second kappa shape index (κ2) is 5.80. The second-order valence-electron chi connectivity index (χ2n) is 4.31. The summed E-state index contributed by atoms with van der Waals surface area (Å²) in [6.07, 6.45) is 2.15. The molecule has 0 radical (unpaired) electrons. The lowest BCUT2D eigenvalue weighted by molar-refractivity contribution is -0.131. The number of likely N-dealkylation sites (N-methyl/N-ethyl adjacent to an activating group) is 1. The van der Waals surface area contributed by atoms with Crippen molar-refractivity contribution in [2.24, 2.45) is 5.84 Å². The highest BCUT2D eigenvalue weighted by atomic mass is 16.5. The van der Waals surface area contributed by atoms with E-state index >= 15 is 0 Å². The molecule has 0 unspecified atom stereocenters. The van der Waals surface area contributed by atoms with Crippen molar-refractivity contribution in [2.75, 3.05) is 39.8 Å². The first kappa shape index (κ1) is 12.9. The molecule has 2 fully saturated rings. The predicted octanol–water partition coefficient (Wildman–Crippen LogP) is 0.683. The van der Waals surface area contributed by atoms with Gasteiger partial charge in [0.05, 0.1) is 12.2 Å². The molecule has 0 atom stereocenters. The van der Waals surface area contributed by atoms with E-state index in [0.29, 0.717) is 0 Å². The van der Waals surface area contributed by atoms with Gasteiger partial charge in [-0.25, -0.2) is 5.01 Å². The number of hydrogen-bond acceptors (Lipinski definition) is 4. The van der Waals surface area contributed by atoms with E-state index in [1.54, 1.807) is 0 Å². The molecular formula is C11H25N3O. The lowest BCUT2D eigenvalue weighted by Gasteiger charge is -2.45. The Morgan fingerprint density at radius 3 is 2.27 bits per heavy atom. The predicted molar refractivity (Wildman–Crippen MR) is 62.5 cm³/mol. The highest BCUT2D eigenvalue weighted by molar-refractivity contribution is 4.91. The van der Waals surface area contributed by atoms with Gasteiger partial charge in [-0.05, 0) is 19.9 Å². The summed E-state index contributed by atoms with van der Waals surface area (Å²) < 4.78 is 5.90. The van der Waals surface area contributed by atoms with Crippen LogP contribution in [0.5, 0.6) is 0 Å². The van der Waals surface area contributed by atoms with Crippen LogP contribution in [0.25, 0.3) is 0 Å². The molecule has 0 saturated carbocycles. The van der Waals surface area contributed by atoms with Gasteiger partial charge in [0.2, 0.25) is 0 Å². The van der Waals surface area contributed by atoms with Crippen molar-refractivity contribution in [2.45, 2.75) is 32.3 Å². The average Bonchev–Trinajstić information content (AvgIpc) is 2.26. The Labute approximate surface area is 93.3 Å². The van der Waals surface area contributed by atoms with E-state index < -0.39 is 0 Å². The molecular weight excluding hydrogens is 190 g/mol. The third-order valence-corrected chi connectivity index (χ3v) is 3.15. The zero-order chi connectivity index (χ0) is 11.3. The Hall–Kier alpha value is -0.160. The zero-order valence-corrected chi connectivity index (χ0v) is 10.3. The lowest BCUT2D eigenvalue weighted by atomic mass is 9.90. The van der Waals surface area contributed by atoms with Crippen LogP contribution in [0.2, 0.25) is 0 Å². The van der Waals surface area contributed by atoms with Gasteiger partial charge in [0.1, 0.15) is 0 Å². The van der Waals surface area contributed by atoms with Crippen molar-refractivity contribution in [3.63, 3.8) is 0 Å². The van der Waals surface area contributed by atoms with E-state index in [1.165, 1.54) is 0 Å². The first-order chi connectivity index (χ1) is 7.20. The molecule has 0 aromatic rings. The molecule has 90 valence electrons. The number of piperidine rings is 1. The number of rotatable bonds is 0. The average molecular weight is 215 g/mol. The molecule has 0 aliphatic carbocycles. The molecule has 0 bridgehead atoms. The molecule has 2 N–H and O–H groups in total. The van der Waals surface area contributed by atoms with Gasteiger partial charge in [0, 0.05) is 26.2 Å². The fourth-order valence-electron chi connectivity index (χ4n) is 2.27. The fraction of sp³-hybridized carbons (Fsp3) is 1.00. The summed E-state index contributed by atoms with van der Waals surface area (Å²) in [6.45, 7) is 8.94. The Morgan fingerprint density at radius 1 is 1.13 bits per heavy atom. The Morgan fingerprint density at radius 2 is 1.73 bits per heavy atom. The number of morpholine rings is 1. The van der Waals surface area contributed by atoms with E-state index in [9.17, 15) is 0 Å². The number of nitrogens with zero attached hydrogens (tertiary/aromatic N) is 2. The van der Waals surface area contributed by atoms with Crippen molar-refractivity contribution in [3.8, 4) is 0 Å². The molecule has 15 heavy (non-hydrogen) atoms. The second-order valence-corrected chi connectivity index (χ2v) is 4.31. The van der Waals surface area contributed by atoms with Crippen LogP contribution in [-0.4, -0.2) is 55.3 Å². The molecule has 0 aromatic heterocycles. The summed E-state index contributed by atoms with van der Waals surface area (Å²) in [6, 6.07) is 0. The first-order valence-corrected chi connectivity index (χ1v) is 6.02. The Bertz CT molecular complexity index is 179. The van der Waals surface area contributed by atoms with Crippen LogP contribution in [0.15, 0.2) is 0 Å². The van der Waals surface area contributed by atoms with Crippen molar-refractivity contribution in [1.82, 2.24) is 9.91 Å². The first-order valence-electron chi connectivity index (χ1n) is 6.02. The van der Waals surface area contributed by atoms with Gasteiger partial charge in [-0.2, -0.15) is 0 Å². The summed E-state index contributed by atoms with van der Waals surface area (Å²) in [7, 11) is 2.17. The van der Waals surface area contributed by atoms with Crippen LogP contribution in [0.4, 0.5) is 0 Å². The normalized spacial score (nSPS) is 27.2. The summed E-state index contributed by atoms with van der Waals surface area (Å²) >= 11 is 0. The van der Waals surface area contributed by atoms with Crippen molar-refractivity contribution in [1.29, 1.82) is 0 Å². The molecule has 2 heterocycles. The van der Waals surface area contributed by atoms with Gasteiger partial charge >= 0.3 is 0 Å². The van der Waals surface area contributed by atoms with Gasteiger partial charge in [-0.3, -0.25) is 5.84 Å². The maximum atomic E-state index is 5.90. The van der Waals surface area contributed by atoms with Gasteiger partial charge in [0.15, 0.2) is 0 Å². The number of ether oxygens (including phenoxy) is 1. The largest absolute Gasteiger partial charge is 0.372 e. The summed E-state index contributed by atoms with van der Waals surface area (Å²) in [4.78, 5) is 2.36. The van der Waals surface area contributed by atoms with E-state index in [-0.39, 0.29) is 5.60 Å². The standard InChI is InChI=1S/C9H19N3O.C2H6/c1-11-6-7-13-9(8-11)2-4-12(10)5-3-9;1-2/h2-8,10H2,1H3;1-2H3. The van der Waals surface area contributed by atoms with Crippen LogP contribution in [0.1, 0.15) is 26.7 Å². The molecule has 2 aliphatic heterocycles. The van der Waals surface area contributed by atoms with E-state index in [1.807, 2.05) is 18.9 Å². The minimum Gasteiger partial charge on any atom is -0.372 e. The maximum Gasteiger partial charge on any atom is 0.0834 e. The van der Waals surface area contributed by atoms with E-state index in [0.717, 1.165) is 45.6 Å². The van der Waals surface area contributed by atoms with Crippen molar-refractivity contribution < 1.29 is 4.74 Å². The zero-order valence-electron chi connectivity index (χ0n) is 10.3.